The number of imidazole rings is 1. The van der Waals surface area contributed by atoms with Crippen LogP contribution in [0, 0.1) is 5.92 Å². The van der Waals surface area contributed by atoms with Gasteiger partial charge in [0.25, 0.3) is 0 Å². The quantitative estimate of drug-likeness (QED) is 0.253. The molecule has 1 saturated carbocycles. The third kappa shape index (κ3) is 5.21. The topological polar surface area (TPSA) is 79.4 Å². The van der Waals surface area contributed by atoms with Crippen LogP contribution in [0.5, 0.6) is 0 Å². The Balaban J connectivity index is 1.10. The Hall–Kier alpha value is -3.77. The number of aromatic amines is 1. The summed E-state index contributed by atoms with van der Waals surface area (Å²) in [5, 5.41) is 6.03. The fraction of sp³-hybridized carbons (Fsp3) is 0.400. The van der Waals surface area contributed by atoms with E-state index in [4.69, 9.17) is 14.7 Å². The van der Waals surface area contributed by atoms with E-state index in [0.29, 0.717) is 6.04 Å². The lowest BCUT2D eigenvalue weighted by molar-refractivity contribution is -0.160. The number of aromatic nitrogens is 2. The van der Waals surface area contributed by atoms with Crippen molar-refractivity contribution >= 4 is 39.1 Å². The molecule has 0 bridgehead atoms. The van der Waals surface area contributed by atoms with Crippen molar-refractivity contribution in [1.82, 2.24) is 15.3 Å². The largest absolute Gasteiger partial charge is 0.460 e. The zero-order chi connectivity index (χ0) is 28.1. The average Bonchev–Trinajstić information content (AvgIpc) is 3.77. The van der Waals surface area contributed by atoms with Crippen LogP contribution < -0.4 is 5.32 Å². The standard InChI is InChI=1S/C35H38N4O2/c1-35(2,3)41-34(40)28-7-4-6-27(28)33-38-30-14-13-25(18-32(30)39-33)23-10-9-22-17-24(12-11-21(22)16-23)26-19-31(37-20-26)29-8-5-15-36-29/h9-14,16-18,20,27-29,36H,4-8,15,19H2,1-3H3,(H,38,39)/t27-,28?,29+/m1/s1. The van der Waals surface area contributed by atoms with Gasteiger partial charge in [0, 0.05) is 30.3 Å². The molecule has 210 valence electrons. The Kier molecular flexibility index (Phi) is 6.54. The van der Waals surface area contributed by atoms with Crippen molar-refractivity contribution in [1.29, 1.82) is 0 Å². The Morgan fingerprint density at radius 1 is 0.902 bits per heavy atom. The van der Waals surface area contributed by atoms with Gasteiger partial charge < -0.3 is 15.0 Å². The van der Waals surface area contributed by atoms with Gasteiger partial charge in [-0.15, -0.1) is 0 Å². The number of H-pyrrole nitrogens is 1. The first kappa shape index (κ1) is 26.1. The number of hydrogen-bond donors (Lipinski definition) is 2. The smallest absolute Gasteiger partial charge is 0.310 e. The highest BCUT2D eigenvalue weighted by Crippen LogP contribution is 2.41. The van der Waals surface area contributed by atoms with Gasteiger partial charge in [0.1, 0.15) is 11.4 Å². The molecular formula is C35H38N4O2. The minimum absolute atomic E-state index is 0.0708. The van der Waals surface area contributed by atoms with E-state index in [1.54, 1.807) is 0 Å². The lowest BCUT2D eigenvalue weighted by atomic mass is 9.95. The molecule has 6 nitrogen and oxygen atoms in total. The molecule has 1 aromatic heterocycles. The maximum atomic E-state index is 12.9. The fourth-order valence-electron chi connectivity index (χ4n) is 6.76. The summed E-state index contributed by atoms with van der Waals surface area (Å²) in [5.41, 5.74) is 7.61. The molecule has 4 aromatic rings. The van der Waals surface area contributed by atoms with Crippen LogP contribution in [0.15, 0.2) is 65.8 Å². The molecule has 1 aliphatic carbocycles. The molecule has 0 radical (unpaired) electrons. The fourth-order valence-corrected chi connectivity index (χ4v) is 6.76. The number of hydrogen-bond acceptors (Lipinski definition) is 5. The van der Waals surface area contributed by atoms with Crippen LogP contribution in [-0.4, -0.2) is 39.8 Å². The molecule has 1 saturated heterocycles. The normalized spacial score (nSPS) is 22.9. The third-order valence-corrected chi connectivity index (χ3v) is 8.84. The SMILES string of the molecule is CC(C)(C)OC(=O)C1CCC[C@H]1c1nc2ccc(-c3ccc4cc(C5=CN=C([C@@H]6CCCN6)C5)ccc4c3)cc2[nH]1. The molecule has 0 amide bonds. The molecule has 0 spiro atoms. The van der Waals surface area contributed by atoms with Crippen molar-refractivity contribution in [3.05, 3.63) is 72.2 Å². The molecule has 3 atom stereocenters. The second-order valence-corrected chi connectivity index (χ2v) is 12.9. The summed E-state index contributed by atoms with van der Waals surface area (Å²) in [6.45, 7) is 6.88. The van der Waals surface area contributed by atoms with Gasteiger partial charge in [0.2, 0.25) is 0 Å². The minimum Gasteiger partial charge on any atom is -0.460 e. The van der Waals surface area contributed by atoms with Crippen molar-refractivity contribution in [2.45, 2.75) is 76.9 Å². The molecule has 2 N–H and O–H groups in total. The molecule has 6 heteroatoms. The summed E-state index contributed by atoms with van der Waals surface area (Å²) >= 11 is 0. The molecular weight excluding hydrogens is 508 g/mol. The number of carbonyl (C=O) groups is 1. The minimum atomic E-state index is -0.479. The summed E-state index contributed by atoms with van der Waals surface area (Å²) in [5.74, 6) is 0.718. The van der Waals surface area contributed by atoms with E-state index in [0.717, 1.165) is 54.6 Å². The number of nitrogens with zero attached hydrogens (tertiary/aromatic N) is 2. The van der Waals surface area contributed by atoms with Crippen LogP contribution in [0.2, 0.25) is 0 Å². The number of esters is 1. The van der Waals surface area contributed by atoms with E-state index in [-0.39, 0.29) is 17.8 Å². The van der Waals surface area contributed by atoms with Gasteiger partial charge in [0.05, 0.1) is 17.0 Å². The van der Waals surface area contributed by atoms with Crippen LogP contribution in [-0.2, 0) is 9.53 Å². The number of ether oxygens (including phenoxy) is 1. The lowest BCUT2D eigenvalue weighted by Gasteiger charge is -2.24. The third-order valence-electron chi connectivity index (χ3n) is 8.84. The number of benzene rings is 3. The second kappa shape index (κ2) is 10.3. The predicted octanol–water partition coefficient (Wildman–Crippen LogP) is 7.55. The molecule has 1 unspecified atom stereocenters. The Morgan fingerprint density at radius 2 is 1.66 bits per heavy atom. The first-order chi connectivity index (χ1) is 19.8. The highest BCUT2D eigenvalue weighted by atomic mass is 16.6. The van der Waals surface area contributed by atoms with Crippen LogP contribution in [0.4, 0.5) is 0 Å². The number of aliphatic imine (C=N–C) groups is 1. The summed E-state index contributed by atoms with van der Waals surface area (Å²) < 4.78 is 5.73. The summed E-state index contributed by atoms with van der Waals surface area (Å²) in [6.07, 6.45) is 8.24. The first-order valence-electron chi connectivity index (χ1n) is 15.1. The highest BCUT2D eigenvalue weighted by molar-refractivity contribution is 6.02. The predicted molar refractivity (Wildman–Crippen MR) is 166 cm³/mol. The zero-order valence-electron chi connectivity index (χ0n) is 24.2. The van der Waals surface area contributed by atoms with Crippen molar-refractivity contribution in [2.24, 2.45) is 10.9 Å². The number of rotatable bonds is 5. The van der Waals surface area contributed by atoms with Crippen molar-refractivity contribution < 1.29 is 9.53 Å². The molecule has 7 rings (SSSR count). The Morgan fingerprint density at radius 3 is 2.44 bits per heavy atom. The summed E-state index contributed by atoms with van der Waals surface area (Å²) in [6, 6.07) is 20.3. The van der Waals surface area contributed by atoms with Crippen molar-refractivity contribution in [3.63, 3.8) is 0 Å². The first-order valence-corrected chi connectivity index (χ1v) is 15.1. The van der Waals surface area contributed by atoms with Gasteiger partial charge >= 0.3 is 5.97 Å². The Labute approximate surface area is 241 Å². The van der Waals surface area contributed by atoms with E-state index in [2.05, 4.69) is 71.1 Å². The molecule has 3 heterocycles. The number of carbonyl (C=O) groups excluding carboxylic acids is 1. The van der Waals surface area contributed by atoms with E-state index < -0.39 is 5.60 Å². The zero-order valence-corrected chi connectivity index (χ0v) is 24.2. The molecule has 3 aromatic carbocycles. The van der Waals surface area contributed by atoms with E-state index >= 15 is 0 Å². The average molecular weight is 547 g/mol. The summed E-state index contributed by atoms with van der Waals surface area (Å²) in [7, 11) is 0. The highest BCUT2D eigenvalue weighted by Gasteiger charge is 2.38. The van der Waals surface area contributed by atoms with Crippen LogP contribution in [0.25, 0.3) is 38.5 Å². The van der Waals surface area contributed by atoms with Crippen LogP contribution in [0.1, 0.15) is 76.6 Å². The van der Waals surface area contributed by atoms with Gasteiger partial charge in [-0.3, -0.25) is 9.79 Å². The molecule has 3 aliphatic rings. The monoisotopic (exact) mass is 546 g/mol. The maximum absolute atomic E-state index is 12.9. The van der Waals surface area contributed by atoms with Crippen molar-refractivity contribution in [3.8, 4) is 11.1 Å². The Bertz CT molecular complexity index is 1700. The van der Waals surface area contributed by atoms with Crippen LogP contribution in [0.3, 0.4) is 0 Å². The van der Waals surface area contributed by atoms with Crippen LogP contribution >= 0.6 is 0 Å². The number of fused-ring (bicyclic) bond motifs is 2. The van der Waals surface area contributed by atoms with Gasteiger partial charge in [-0.25, -0.2) is 4.98 Å². The summed E-state index contributed by atoms with van der Waals surface area (Å²) in [4.78, 5) is 26.1. The molecule has 2 fully saturated rings. The van der Waals surface area contributed by atoms with Gasteiger partial charge in [-0.05, 0) is 110 Å². The second-order valence-electron chi connectivity index (χ2n) is 12.9. The van der Waals surface area contributed by atoms with E-state index in [1.165, 1.54) is 46.0 Å². The van der Waals surface area contributed by atoms with Crippen molar-refractivity contribution in [2.75, 3.05) is 6.54 Å². The van der Waals surface area contributed by atoms with E-state index in [9.17, 15) is 4.79 Å². The van der Waals surface area contributed by atoms with Gasteiger partial charge in [-0.1, -0.05) is 36.8 Å². The lowest BCUT2D eigenvalue weighted by Crippen LogP contribution is -2.30. The van der Waals surface area contributed by atoms with Gasteiger partial charge in [-0.2, -0.15) is 0 Å². The molecule has 2 aliphatic heterocycles. The number of nitrogens with one attached hydrogen (secondary N) is 2. The van der Waals surface area contributed by atoms with Gasteiger partial charge in [0.15, 0.2) is 0 Å². The maximum Gasteiger partial charge on any atom is 0.310 e. The molecule has 41 heavy (non-hydrogen) atoms. The number of allylic oxidation sites excluding steroid dienone is 1. The van der Waals surface area contributed by atoms with E-state index in [1.807, 2.05) is 20.8 Å².